The monoisotopic (exact) mass is 296 g/mol. The van der Waals surface area contributed by atoms with Crippen LogP contribution >= 0.6 is 0 Å². The quantitative estimate of drug-likeness (QED) is 0.811. The highest BCUT2D eigenvalue weighted by Crippen LogP contribution is 2.29. The van der Waals surface area contributed by atoms with Crippen molar-refractivity contribution in [1.29, 1.82) is 0 Å². The third-order valence-corrected chi connectivity index (χ3v) is 4.39. The summed E-state index contributed by atoms with van der Waals surface area (Å²) >= 11 is 0. The van der Waals surface area contributed by atoms with Gasteiger partial charge in [0, 0.05) is 30.2 Å². The molecule has 2 fully saturated rings. The van der Waals surface area contributed by atoms with Gasteiger partial charge in [-0.2, -0.15) is 0 Å². The van der Waals surface area contributed by atoms with Crippen molar-refractivity contribution < 1.29 is 9.42 Å². The van der Waals surface area contributed by atoms with E-state index in [1.165, 1.54) is 24.0 Å². The second-order valence-corrected chi connectivity index (χ2v) is 6.22. The Bertz CT molecular complexity index is 634. The van der Waals surface area contributed by atoms with Crippen LogP contribution in [-0.4, -0.2) is 31.4 Å². The molecule has 0 radical (unpaired) electrons. The molecule has 0 amide bonds. The first-order valence-electron chi connectivity index (χ1n) is 8.18. The first-order valence-corrected chi connectivity index (χ1v) is 8.18. The Morgan fingerprint density at radius 1 is 1.09 bits per heavy atom. The molecule has 0 bridgehead atoms. The van der Waals surface area contributed by atoms with E-state index < -0.39 is 0 Å². The Labute approximate surface area is 131 Å². The van der Waals surface area contributed by atoms with Crippen LogP contribution in [0.4, 0.5) is 5.82 Å². The first-order chi connectivity index (χ1) is 10.9. The SMILES string of the molecule is c1ccc(-c2cc(N3CCOCC3)n[n+](CC3CC3)c2)cc1. The third kappa shape index (κ3) is 3.12. The second-order valence-electron chi connectivity index (χ2n) is 6.22. The molecule has 0 unspecified atom stereocenters. The maximum absolute atomic E-state index is 5.46. The molecule has 2 heterocycles. The number of hydrogen-bond acceptors (Lipinski definition) is 3. The molecular formula is C18H22N3O+. The second kappa shape index (κ2) is 6.05. The van der Waals surface area contributed by atoms with Crippen LogP contribution in [0.15, 0.2) is 42.6 Å². The molecule has 0 atom stereocenters. The number of anilines is 1. The summed E-state index contributed by atoms with van der Waals surface area (Å²) in [5.74, 6) is 1.89. The highest BCUT2D eigenvalue weighted by molar-refractivity contribution is 5.64. The highest BCUT2D eigenvalue weighted by atomic mass is 16.5. The van der Waals surface area contributed by atoms with Crippen LogP contribution in [0.25, 0.3) is 11.1 Å². The van der Waals surface area contributed by atoms with E-state index >= 15 is 0 Å². The first kappa shape index (κ1) is 13.7. The number of aromatic nitrogens is 2. The molecule has 114 valence electrons. The minimum absolute atomic E-state index is 0.792. The number of benzene rings is 1. The summed E-state index contributed by atoms with van der Waals surface area (Å²) in [4.78, 5) is 2.33. The van der Waals surface area contributed by atoms with Crippen molar-refractivity contribution in [2.24, 2.45) is 5.92 Å². The number of nitrogens with zero attached hydrogens (tertiary/aromatic N) is 3. The highest BCUT2D eigenvalue weighted by Gasteiger charge is 2.28. The summed E-state index contributed by atoms with van der Waals surface area (Å²) in [6, 6.07) is 12.8. The average Bonchev–Trinajstić information content (AvgIpc) is 3.40. The predicted molar refractivity (Wildman–Crippen MR) is 85.6 cm³/mol. The van der Waals surface area contributed by atoms with Gasteiger partial charge in [0.25, 0.3) is 0 Å². The average molecular weight is 296 g/mol. The zero-order valence-electron chi connectivity index (χ0n) is 12.8. The molecule has 1 aliphatic carbocycles. The topological polar surface area (TPSA) is 29.2 Å². The molecule has 4 heteroatoms. The van der Waals surface area contributed by atoms with Gasteiger partial charge in [0.05, 0.1) is 18.8 Å². The van der Waals surface area contributed by atoms with E-state index in [1.54, 1.807) is 0 Å². The molecule has 4 nitrogen and oxygen atoms in total. The Balaban J connectivity index is 1.69. The minimum Gasteiger partial charge on any atom is -0.378 e. The molecule has 1 aliphatic heterocycles. The molecule has 1 aromatic heterocycles. The standard InChI is InChI=1S/C18H22N3O/c1-2-4-16(5-3-1)17-12-18(20-8-10-22-11-9-20)19-21(14-17)13-15-6-7-15/h1-5,12,14-15H,6-11,13H2/q+1. The van der Waals surface area contributed by atoms with Crippen LogP contribution in [0.2, 0.25) is 0 Å². The van der Waals surface area contributed by atoms with E-state index in [4.69, 9.17) is 9.84 Å². The van der Waals surface area contributed by atoms with Gasteiger partial charge in [0.1, 0.15) is 0 Å². The van der Waals surface area contributed by atoms with E-state index in [2.05, 4.69) is 52.2 Å². The lowest BCUT2D eigenvalue weighted by Gasteiger charge is -2.26. The lowest BCUT2D eigenvalue weighted by atomic mass is 10.1. The van der Waals surface area contributed by atoms with Gasteiger partial charge in [0.2, 0.25) is 6.20 Å². The summed E-state index contributed by atoms with van der Waals surface area (Å²) in [7, 11) is 0. The third-order valence-electron chi connectivity index (χ3n) is 4.39. The molecule has 1 saturated carbocycles. The zero-order chi connectivity index (χ0) is 14.8. The smallest absolute Gasteiger partial charge is 0.204 e. The molecule has 2 aliphatic rings. The van der Waals surface area contributed by atoms with Gasteiger partial charge in [-0.3, -0.25) is 0 Å². The maximum atomic E-state index is 5.46. The van der Waals surface area contributed by atoms with Crippen LogP contribution in [0.5, 0.6) is 0 Å². The molecule has 0 spiro atoms. The van der Waals surface area contributed by atoms with Gasteiger partial charge in [-0.25, -0.2) is 0 Å². The van der Waals surface area contributed by atoms with Crippen molar-refractivity contribution in [1.82, 2.24) is 5.10 Å². The van der Waals surface area contributed by atoms with Gasteiger partial charge >= 0.3 is 0 Å². The van der Waals surface area contributed by atoms with Crippen molar-refractivity contribution in [2.75, 3.05) is 31.2 Å². The summed E-state index contributed by atoms with van der Waals surface area (Å²) < 4.78 is 7.61. The molecule has 22 heavy (non-hydrogen) atoms. The van der Waals surface area contributed by atoms with Crippen molar-refractivity contribution >= 4 is 5.82 Å². The van der Waals surface area contributed by atoms with Gasteiger partial charge in [-0.15, -0.1) is 0 Å². The normalized spacial score (nSPS) is 18.5. The van der Waals surface area contributed by atoms with Crippen LogP contribution in [-0.2, 0) is 11.3 Å². The lowest BCUT2D eigenvalue weighted by molar-refractivity contribution is -0.755. The number of ether oxygens (including phenoxy) is 1. The minimum atomic E-state index is 0.792. The summed E-state index contributed by atoms with van der Waals surface area (Å²) in [5, 5.41) is 4.85. The molecule has 1 aromatic carbocycles. The lowest BCUT2D eigenvalue weighted by Crippen LogP contribution is -2.43. The fourth-order valence-electron chi connectivity index (χ4n) is 2.92. The van der Waals surface area contributed by atoms with Gasteiger partial charge < -0.3 is 9.64 Å². The van der Waals surface area contributed by atoms with Gasteiger partial charge in [0.15, 0.2) is 12.4 Å². The predicted octanol–water partition coefficient (Wildman–Crippen LogP) is 2.28. The van der Waals surface area contributed by atoms with E-state index in [9.17, 15) is 0 Å². The van der Waals surface area contributed by atoms with Gasteiger partial charge in [-0.1, -0.05) is 35.0 Å². The Morgan fingerprint density at radius 2 is 1.86 bits per heavy atom. The van der Waals surface area contributed by atoms with E-state index in [-0.39, 0.29) is 0 Å². The Morgan fingerprint density at radius 3 is 2.59 bits per heavy atom. The van der Waals surface area contributed by atoms with Crippen LogP contribution in [0.3, 0.4) is 0 Å². The Kier molecular flexibility index (Phi) is 3.77. The summed E-state index contributed by atoms with van der Waals surface area (Å²) in [6.45, 7) is 4.47. The van der Waals surface area contributed by atoms with E-state index in [1.807, 2.05) is 0 Å². The molecule has 4 rings (SSSR count). The zero-order valence-corrected chi connectivity index (χ0v) is 12.8. The fourth-order valence-corrected chi connectivity index (χ4v) is 2.92. The maximum Gasteiger partial charge on any atom is 0.204 e. The molecule has 0 N–H and O–H groups in total. The van der Waals surface area contributed by atoms with Crippen molar-refractivity contribution in [3.8, 4) is 11.1 Å². The largest absolute Gasteiger partial charge is 0.378 e. The van der Waals surface area contributed by atoms with Crippen LogP contribution in [0.1, 0.15) is 12.8 Å². The van der Waals surface area contributed by atoms with Crippen LogP contribution < -0.4 is 9.58 Å². The molecular weight excluding hydrogens is 274 g/mol. The number of rotatable bonds is 4. The van der Waals surface area contributed by atoms with E-state index in [0.717, 1.165) is 44.6 Å². The Hall–Kier alpha value is -1.94. The fraction of sp³-hybridized carbons (Fsp3) is 0.444. The summed E-state index contributed by atoms with van der Waals surface area (Å²) in [5.41, 5.74) is 2.50. The number of morpholine rings is 1. The van der Waals surface area contributed by atoms with Crippen molar-refractivity contribution in [3.05, 3.63) is 42.6 Å². The van der Waals surface area contributed by atoms with Gasteiger partial charge in [-0.05, 0) is 18.4 Å². The number of hydrogen-bond donors (Lipinski definition) is 0. The molecule has 2 aromatic rings. The van der Waals surface area contributed by atoms with E-state index in [0.29, 0.717) is 0 Å². The van der Waals surface area contributed by atoms with Crippen LogP contribution in [0, 0.1) is 5.92 Å². The van der Waals surface area contributed by atoms with Crippen molar-refractivity contribution in [2.45, 2.75) is 19.4 Å². The summed E-state index contributed by atoms with van der Waals surface area (Å²) in [6.07, 6.45) is 4.88. The molecule has 1 saturated heterocycles. The van der Waals surface area contributed by atoms with Crippen molar-refractivity contribution in [3.63, 3.8) is 0 Å².